The molecule has 4 aromatic rings. The number of aromatic nitrogens is 5. The van der Waals surface area contributed by atoms with Gasteiger partial charge in [-0.1, -0.05) is 18.6 Å². The van der Waals surface area contributed by atoms with Crippen LogP contribution in [0.1, 0.15) is 76.8 Å². The maximum atomic E-state index is 13.6. The van der Waals surface area contributed by atoms with Crippen LogP contribution in [0.25, 0.3) is 17.0 Å². The second kappa shape index (κ2) is 8.38. The summed E-state index contributed by atoms with van der Waals surface area (Å²) in [6, 6.07) is 8.54. The monoisotopic (exact) mass is 454 g/mol. The summed E-state index contributed by atoms with van der Waals surface area (Å²) in [7, 11) is 0. The fourth-order valence-electron chi connectivity index (χ4n) is 5.46. The number of imidazole rings is 1. The van der Waals surface area contributed by atoms with Gasteiger partial charge in [-0.15, -0.1) is 10.2 Å². The lowest BCUT2D eigenvalue weighted by Gasteiger charge is -2.33. The van der Waals surface area contributed by atoms with E-state index in [1.165, 1.54) is 30.4 Å². The summed E-state index contributed by atoms with van der Waals surface area (Å²) in [5, 5.41) is 8.52. The molecule has 2 aliphatic rings. The van der Waals surface area contributed by atoms with E-state index in [1.54, 1.807) is 0 Å². The molecule has 0 spiro atoms. The van der Waals surface area contributed by atoms with Gasteiger partial charge in [0.25, 0.3) is 5.91 Å². The molecule has 174 valence electrons. The molecule has 3 aromatic heterocycles. The molecule has 0 unspecified atom stereocenters. The van der Waals surface area contributed by atoms with Gasteiger partial charge in [0.15, 0.2) is 5.82 Å². The van der Waals surface area contributed by atoms with Crippen molar-refractivity contribution in [2.75, 3.05) is 13.1 Å². The number of carbonyl (C=O) groups is 1. The highest BCUT2D eigenvalue weighted by molar-refractivity contribution is 5.97. The van der Waals surface area contributed by atoms with Gasteiger partial charge in [-0.2, -0.15) is 0 Å². The lowest BCUT2D eigenvalue weighted by atomic mass is 9.77. The van der Waals surface area contributed by atoms with E-state index in [4.69, 9.17) is 0 Å². The van der Waals surface area contributed by atoms with E-state index in [0.29, 0.717) is 11.8 Å². The van der Waals surface area contributed by atoms with Crippen LogP contribution < -0.4 is 0 Å². The standard InChI is InChI=1S/C27H30N6O/c1-17-14-23(20-4-3-5-20)24(26-29-18(2)30-31-26)15-22(17)27(34)32-11-8-19(9-12-32)21-6-7-25-28-10-13-33(25)16-21/h6-7,10,13-16,19-20H,3-5,8-9,11-12H2,1-2H3,(H,29,30,31). The first kappa shape index (κ1) is 21.1. The number of rotatable bonds is 4. The third kappa shape index (κ3) is 3.69. The highest BCUT2D eigenvalue weighted by atomic mass is 16.2. The van der Waals surface area contributed by atoms with Gasteiger partial charge in [0.1, 0.15) is 11.5 Å². The number of nitrogens with zero attached hydrogens (tertiary/aromatic N) is 5. The first-order chi connectivity index (χ1) is 16.6. The second-order valence-electron chi connectivity index (χ2n) is 9.86. The molecule has 1 aliphatic heterocycles. The van der Waals surface area contributed by atoms with Gasteiger partial charge in [0.2, 0.25) is 0 Å². The van der Waals surface area contributed by atoms with Crippen molar-refractivity contribution in [3.8, 4) is 11.4 Å². The van der Waals surface area contributed by atoms with Crippen LogP contribution in [0.2, 0.25) is 0 Å². The third-order valence-corrected chi connectivity index (χ3v) is 7.69. The zero-order chi connectivity index (χ0) is 23.2. The Kier molecular flexibility index (Phi) is 5.20. The lowest BCUT2D eigenvalue weighted by Crippen LogP contribution is -2.38. The number of hydrogen-bond donors (Lipinski definition) is 1. The van der Waals surface area contributed by atoms with Crippen LogP contribution >= 0.6 is 0 Å². The number of benzene rings is 1. The minimum Gasteiger partial charge on any atom is -0.339 e. The van der Waals surface area contributed by atoms with Crippen LogP contribution in [0.15, 0.2) is 42.9 Å². The van der Waals surface area contributed by atoms with Crippen LogP contribution in [-0.4, -0.2) is 48.5 Å². The molecule has 6 rings (SSSR count). The maximum Gasteiger partial charge on any atom is 0.254 e. The summed E-state index contributed by atoms with van der Waals surface area (Å²) in [5.41, 5.74) is 6.45. The van der Waals surface area contributed by atoms with Crippen LogP contribution in [0.5, 0.6) is 0 Å². The number of aromatic amines is 1. The smallest absolute Gasteiger partial charge is 0.254 e. The molecule has 7 heteroatoms. The second-order valence-corrected chi connectivity index (χ2v) is 9.86. The average molecular weight is 455 g/mol. The van der Waals surface area contributed by atoms with Crippen LogP contribution in [-0.2, 0) is 0 Å². The van der Waals surface area contributed by atoms with Crippen LogP contribution in [0, 0.1) is 13.8 Å². The molecule has 1 aromatic carbocycles. The molecule has 1 amide bonds. The van der Waals surface area contributed by atoms with Crippen molar-refractivity contribution in [1.29, 1.82) is 0 Å². The highest BCUT2D eigenvalue weighted by Crippen LogP contribution is 2.42. The van der Waals surface area contributed by atoms with E-state index in [1.807, 2.05) is 24.2 Å². The van der Waals surface area contributed by atoms with Gasteiger partial charge in [-0.3, -0.25) is 4.79 Å². The summed E-state index contributed by atoms with van der Waals surface area (Å²) in [4.78, 5) is 23.3. The average Bonchev–Trinajstić information content (AvgIpc) is 3.46. The molecule has 0 atom stereocenters. The Morgan fingerprint density at radius 2 is 1.85 bits per heavy atom. The molecule has 2 fully saturated rings. The van der Waals surface area contributed by atoms with Gasteiger partial charge in [0.05, 0.1) is 0 Å². The molecular weight excluding hydrogens is 424 g/mol. The zero-order valence-corrected chi connectivity index (χ0v) is 19.8. The lowest BCUT2D eigenvalue weighted by molar-refractivity contribution is 0.0712. The van der Waals surface area contributed by atoms with E-state index < -0.39 is 0 Å². The van der Waals surface area contributed by atoms with Crippen molar-refractivity contribution >= 4 is 11.6 Å². The van der Waals surface area contributed by atoms with Crippen molar-refractivity contribution in [3.63, 3.8) is 0 Å². The number of aryl methyl sites for hydroxylation is 2. The quantitative estimate of drug-likeness (QED) is 0.469. The van der Waals surface area contributed by atoms with E-state index in [9.17, 15) is 4.79 Å². The van der Waals surface area contributed by atoms with Crippen LogP contribution in [0.4, 0.5) is 0 Å². The van der Waals surface area contributed by atoms with E-state index in [2.05, 4.69) is 62.0 Å². The number of pyridine rings is 1. The Morgan fingerprint density at radius 3 is 2.56 bits per heavy atom. The molecule has 0 radical (unpaired) electrons. The fourth-order valence-corrected chi connectivity index (χ4v) is 5.46. The Balaban J connectivity index is 1.24. The fraction of sp³-hybridized carbons (Fsp3) is 0.407. The van der Waals surface area contributed by atoms with Gasteiger partial charge in [-0.05, 0) is 80.2 Å². The SMILES string of the molecule is Cc1nnc(-c2cc(C(=O)N3CCC(c4ccc5nccn5c4)CC3)c(C)cc2C2CCC2)[nH]1. The van der Waals surface area contributed by atoms with Crippen molar-refractivity contribution in [2.24, 2.45) is 0 Å². The topological polar surface area (TPSA) is 79.2 Å². The number of amides is 1. The van der Waals surface area contributed by atoms with E-state index >= 15 is 0 Å². The highest BCUT2D eigenvalue weighted by Gasteiger charge is 2.29. The first-order valence-corrected chi connectivity index (χ1v) is 12.3. The van der Waals surface area contributed by atoms with Crippen molar-refractivity contribution in [1.82, 2.24) is 29.5 Å². The Bertz CT molecular complexity index is 1360. The van der Waals surface area contributed by atoms with Gasteiger partial charge in [-0.25, -0.2) is 4.98 Å². The molecule has 1 N–H and O–H groups in total. The molecule has 1 aliphatic carbocycles. The van der Waals surface area contributed by atoms with Gasteiger partial charge < -0.3 is 14.3 Å². The normalized spacial score (nSPS) is 17.3. The Labute approximate surface area is 199 Å². The molecule has 4 heterocycles. The number of nitrogens with one attached hydrogen (secondary N) is 1. The van der Waals surface area contributed by atoms with Crippen molar-refractivity contribution in [2.45, 2.75) is 57.8 Å². The predicted molar refractivity (Wildman–Crippen MR) is 131 cm³/mol. The molecule has 1 saturated heterocycles. The number of likely N-dealkylation sites (tertiary alicyclic amines) is 1. The molecule has 0 bridgehead atoms. The summed E-state index contributed by atoms with van der Waals surface area (Å²) in [5.74, 6) is 2.69. The number of H-pyrrole nitrogens is 1. The van der Waals surface area contributed by atoms with E-state index in [-0.39, 0.29) is 5.91 Å². The molecule has 34 heavy (non-hydrogen) atoms. The van der Waals surface area contributed by atoms with Crippen molar-refractivity contribution < 1.29 is 4.79 Å². The predicted octanol–water partition coefficient (Wildman–Crippen LogP) is 5.02. The minimum absolute atomic E-state index is 0.124. The zero-order valence-electron chi connectivity index (χ0n) is 19.8. The number of fused-ring (bicyclic) bond motifs is 1. The largest absolute Gasteiger partial charge is 0.339 e. The van der Waals surface area contributed by atoms with Gasteiger partial charge >= 0.3 is 0 Å². The van der Waals surface area contributed by atoms with Crippen molar-refractivity contribution in [3.05, 3.63) is 70.9 Å². The number of piperidine rings is 1. The minimum atomic E-state index is 0.124. The van der Waals surface area contributed by atoms with E-state index in [0.717, 1.165) is 59.9 Å². The number of carbonyl (C=O) groups excluding carboxylic acids is 1. The number of hydrogen-bond acceptors (Lipinski definition) is 4. The Hall–Kier alpha value is -3.48. The van der Waals surface area contributed by atoms with Crippen LogP contribution in [0.3, 0.4) is 0 Å². The summed E-state index contributed by atoms with van der Waals surface area (Å²) in [6.07, 6.45) is 11.6. The molecular formula is C27H30N6O. The van der Waals surface area contributed by atoms with Gasteiger partial charge in [0, 0.05) is 42.8 Å². The first-order valence-electron chi connectivity index (χ1n) is 12.3. The summed E-state index contributed by atoms with van der Waals surface area (Å²) < 4.78 is 2.08. The summed E-state index contributed by atoms with van der Waals surface area (Å²) >= 11 is 0. The third-order valence-electron chi connectivity index (χ3n) is 7.69. The maximum absolute atomic E-state index is 13.6. The molecule has 1 saturated carbocycles. The summed E-state index contributed by atoms with van der Waals surface area (Å²) in [6.45, 7) is 5.52. The Morgan fingerprint density at radius 1 is 1.03 bits per heavy atom. The molecule has 7 nitrogen and oxygen atoms in total.